The first-order chi connectivity index (χ1) is 15.7. The summed E-state index contributed by atoms with van der Waals surface area (Å²) in [5.74, 6) is -0.301. The van der Waals surface area contributed by atoms with Crippen LogP contribution in [0.25, 0.3) is 10.2 Å². The van der Waals surface area contributed by atoms with Crippen molar-refractivity contribution in [3.05, 3.63) is 88.9 Å². The highest BCUT2D eigenvalue weighted by Gasteiger charge is 2.27. The zero-order chi connectivity index (χ0) is 23.6. The fraction of sp³-hybridized carbons (Fsp3) is 0.200. The number of fused-ring (bicyclic) bond motifs is 1. The number of thiazole rings is 1. The molecule has 3 aromatic carbocycles. The molecule has 4 rings (SSSR count). The SMILES string of the molecule is Cc1nc2ccc(NC(=O)c3ccc(S(=O)(=O)N(Cc4ccccc4)C(C)C)cc3)cc2s1. The van der Waals surface area contributed by atoms with Crippen LogP contribution in [0.4, 0.5) is 5.69 Å². The molecular formula is C25H25N3O3S2. The minimum atomic E-state index is -3.73. The highest BCUT2D eigenvalue weighted by Crippen LogP contribution is 2.26. The quantitative estimate of drug-likeness (QED) is 0.382. The molecule has 0 aliphatic heterocycles. The van der Waals surface area contributed by atoms with E-state index in [-0.39, 0.29) is 23.4 Å². The first-order valence-corrected chi connectivity index (χ1v) is 12.8. The summed E-state index contributed by atoms with van der Waals surface area (Å²) in [7, 11) is -3.73. The first kappa shape index (κ1) is 23.1. The number of carbonyl (C=O) groups is 1. The maximum absolute atomic E-state index is 13.3. The topological polar surface area (TPSA) is 79.4 Å². The molecule has 0 bridgehead atoms. The number of hydrogen-bond donors (Lipinski definition) is 1. The number of rotatable bonds is 7. The van der Waals surface area contributed by atoms with Crippen LogP contribution in [0.1, 0.15) is 34.8 Å². The van der Waals surface area contributed by atoms with E-state index in [0.29, 0.717) is 11.3 Å². The normalized spacial score (nSPS) is 11.9. The van der Waals surface area contributed by atoms with Gasteiger partial charge >= 0.3 is 0 Å². The molecule has 0 saturated carbocycles. The van der Waals surface area contributed by atoms with E-state index in [0.717, 1.165) is 20.8 Å². The Bertz CT molecular complexity index is 1380. The average molecular weight is 480 g/mol. The Kier molecular flexibility index (Phi) is 6.60. The van der Waals surface area contributed by atoms with Crippen LogP contribution in [0, 0.1) is 6.92 Å². The van der Waals surface area contributed by atoms with E-state index in [2.05, 4.69) is 10.3 Å². The Balaban J connectivity index is 1.52. The summed E-state index contributed by atoms with van der Waals surface area (Å²) in [5, 5.41) is 3.84. The van der Waals surface area contributed by atoms with E-state index in [1.54, 1.807) is 23.5 Å². The summed E-state index contributed by atoms with van der Waals surface area (Å²) in [6, 6.07) is 20.9. The van der Waals surface area contributed by atoms with E-state index in [9.17, 15) is 13.2 Å². The van der Waals surface area contributed by atoms with Gasteiger partial charge < -0.3 is 5.32 Å². The number of sulfonamides is 1. The lowest BCUT2D eigenvalue weighted by Gasteiger charge is -2.26. The number of aromatic nitrogens is 1. The van der Waals surface area contributed by atoms with Crippen molar-refractivity contribution < 1.29 is 13.2 Å². The van der Waals surface area contributed by atoms with E-state index in [1.807, 2.05) is 69.3 Å². The Labute approximate surface area is 198 Å². The molecule has 0 fully saturated rings. The minimum absolute atomic E-state index is 0.158. The van der Waals surface area contributed by atoms with Crippen LogP contribution in [0.5, 0.6) is 0 Å². The number of carbonyl (C=O) groups excluding carboxylic acids is 1. The lowest BCUT2D eigenvalue weighted by Crippen LogP contribution is -2.36. The Hall–Kier alpha value is -3.07. The molecule has 0 radical (unpaired) electrons. The maximum atomic E-state index is 13.3. The molecule has 8 heteroatoms. The molecule has 0 aliphatic rings. The van der Waals surface area contributed by atoms with Gasteiger partial charge in [0, 0.05) is 23.8 Å². The predicted octanol–water partition coefficient (Wildman–Crippen LogP) is 5.46. The molecule has 1 N–H and O–H groups in total. The second-order valence-electron chi connectivity index (χ2n) is 8.02. The van der Waals surface area contributed by atoms with Crippen molar-refractivity contribution in [1.82, 2.24) is 9.29 Å². The van der Waals surface area contributed by atoms with Crippen LogP contribution >= 0.6 is 11.3 Å². The molecule has 0 aliphatic carbocycles. The number of benzene rings is 3. The summed E-state index contributed by atoms with van der Waals surface area (Å²) in [5.41, 5.74) is 2.87. The molecule has 170 valence electrons. The molecular weight excluding hydrogens is 454 g/mol. The summed E-state index contributed by atoms with van der Waals surface area (Å²) in [4.78, 5) is 17.3. The largest absolute Gasteiger partial charge is 0.322 e. The van der Waals surface area contributed by atoms with Gasteiger partial charge in [-0.2, -0.15) is 4.31 Å². The fourth-order valence-electron chi connectivity index (χ4n) is 3.54. The molecule has 33 heavy (non-hydrogen) atoms. The zero-order valence-electron chi connectivity index (χ0n) is 18.6. The zero-order valence-corrected chi connectivity index (χ0v) is 20.3. The number of hydrogen-bond acceptors (Lipinski definition) is 5. The number of amides is 1. The van der Waals surface area contributed by atoms with Gasteiger partial charge in [-0.3, -0.25) is 4.79 Å². The lowest BCUT2D eigenvalue weighted by atomic mass is 10.2. The van der Waals surface area contributed by atoms with Gasteiger partial charge in [0.25, 0.3) is 5.91 Å². The minimum Gasteiger partial charge on any atom is -0.322 e. The van der Waals surface area contributed by atoms with Gasteiger partial charge in [0.1, 0.15) is 0 Å². The third-order valence-electron chi connectivity index (χ3n) is 5.23. The van der Waals surface area contributed by atoms with Gasteiger partial charge in [-0.15, -0.1) is 11.3 Å². The van der Waals surface area contributed by atoms with Crippen LogP contribution < -0.4 is 5.32 Å². The fourth-order valence-corrected chi connectivity index (χ4v) is 6.03. The van der Waals surface area contributed by atoms with E-state index in [1.165, 1.54) is 16.4 Å². The van der Waals surface area contributed by atoms with Crippen molar-refractivity contribution in [2.24, 2.45) is 0 Å². The average Bonchev–Trinajstić information content (AvgIpc) is 3.17. The summed E-state index contributed by atoms with van der Waals surface area (Å²) in [6.45, 7) is 5.93. The lowest BCUT2D eigenvalue weighted by molar-refractivity contribution is 0.102. The number of aryl methyl sites for hydroxylation is 1. The summed E-state index contributed by atoms with van der Waals surface area (Å²) in [6.07, 6.45) is 0. The van der Waals surface area contributed by atoms with E-state index in [4.69, 9.17) is 0 Å². The van der Waals surface area contributed by atoms with Gasteiger partial charge in [-0.25, -0.2) is 13.4 Å². The molecule has 1 heterocycles. The van der Waals surface area contributed by atoms with Crippen LogP contribution in [0.2, 0.25) is 0 Å². The molecule has 0 unspecified atom stereocenters. The van der Waals surface area contributed by atoms with Crippen molar-refractivity contribution in [3.8, 4) is 0 Å². The van der Waals surface area contributed by atoms with Crippen molar-refractivity contribution in [1.29, 1.82) is 0 Å². The molecule has 6 nitrogen and oxygen atoms in total. The van der Waals surface area contributed by atoms with Crippen molar-refractivity contribution in [2.75, 3.05) is 5.32 Å². The van der Waals surface area contributed by atoms with Gasteiger partial charge in [0.05, 0.1) is 20.1 Å². The van der Waals surface area contributed by atoms with Gasteiger partial charge in [-0.1, -0.05) is 30.3 Å². The Morgan fingerprint density at radius 2 is 1.73 bits per heavy atom. The third-order valence-corrected chi connectivity index (χ3v) is 8.20. The molecule has 1 amide bonds. The van der Waals surface area contributed by atoms with Gasteiger partial charge in [0.15, 0.2) is 0 Å². The van der Waals surface area contributed by atoms with E-state index < -0.39 is 10.0 Å². The second-order valence-corrected chi connectivity index (χ2v) is 11.1. The highest BCUT2D eigenvalue weighted by atomic mass is 32.2. The van der Waals surface area contributed by atoms with Crippen molar-refractivity contribution in [3.63, 3.8) is 0 Å². The van der Waals surface area contributed by atoms with Crippen LogP contribution in [0.3, 0.4) is 0 Å². The number of nitrogens with zero attached hydrogens (tertiary/aromatic N) is 2. The van der Waals surface area contributed by atoms with Crippen molar-refractivity contribution in [2.45, 2.75) is 38.3 Å². The van der Waals surface area contributed by atoms with Gasteiger partial charge in [-0.05, 0) is 68.8 Å². The predicted molar refractivity (Wildman–Crippen MR) is 133 cm³/mol. The Morgan fingerprint density at radius 1 is 1.03 bits per heavy atom. The van der Waals surface area contributed by atoms with Crippen LogP contribution in [-0.4, -0.2) is 29.7 Å². The summed E-state index contributed by atoms with van der Waals surface area (Å²) < 4.78 is 29.1. The number of nitrogens with one attached hydrogen (secondary N) is 1. The van der Waals surface area contributed by atoms with E-state index >= 15 is 0 Å². The Morgan fingerprint density at radius 3 is 2.39 bits per heavy atom. The first-order valence-electron chi connectivity index (χ1n) is 10.6. The monoisotopic (exact) mass is 479 g/mol. The molecule has 0 saturated heterocycles. The van der Waals surface area contributed by atoms with Crippen LogP contribution in [-0.2, 0) is 16.6 Å². The molecule has 1 aromatic heterocycles. The standard InChI is InChI=1S/C25H25N3O3S2/c1-17(2)28(16-19-7-5-4-6-8-19)33(30,31)22-12-9-20(10-13-22)25(29)27-21-11-14-23-24(15-21)32-18(3)26-23/h4-15,17H,16H2,1-3H3,(H,27,29). The highest BCUT2D eigenvalue weighted by molar-refractivity contribution is 7.89. The molecule has 0 spiro atoms. The van der Waals surface area contributed by atoms with Gasteiger partial charge in [0.2, 0.25) is 10.0 Å². The molecule has 0 atom stereocenters. The second kappa shape index (κ2) is 9.43. The molecule has 4 aromatic rings. The smallest absolute Gasteiger partial charge is 0.255 e. The maximum Gasteiger partial charge on any atom is 0.255 e. The van der Waals surface area contributed by atoms with Crippen molar-refractivity contribution >= 4 is 43.2 Å². The third kappa shape index (κ3) is 5.13. The van der Waals surface area contributed by atoms with Crippen LogP contribution in [0.15, 0.2) is 77.7 Å². The number of anilines is 1. The summed E-state index contributed by atoms with van der Waals surface area (Å²) >= 11 is 1.57.